The van der Waals surface area contributed by atoms with Crippen molar-refractivity contribution in [2.75, 3.05) is 34.2 Å². The highest BCUT2D eigenvalue weighted by Gasteiger charge is 2.30. The van der Waals surface area contributed by atoms with E-state index < -0.39 is 17.5 Å². The van der Waals surface area contributed by atoms with Crippen LogP contribution in [0.25, 0.3) is 5.69 Å². The lowest BCUT2D eigenvalue weighted by molar-refractivity contribution is -0.869. The molecule has 0 spiro atoms. The molecule has 1 aliphatic rings. The van der Waals surface area contributed by atoms with Gasteiger partial charge < -0.3 is 9.80 Å². The number of rotatable bonds is 9. The number of amides is 1. The second-order valence-electron chi connectivity index (χ2n) is 12.0. The molecule has 3 aromatic carbocycles. The Hall–Kier alpha value is -3.27. The highest BCUT2D eigenvalue weighted by Crippen LogP contribution is 2.42. The first kappa shape index (κ1) is 31.2. The fraction of sp³-hybridized carbons (Fsp3) is 0.333. The van der Waals surface area contributed by atoms with Gasteiger partial charge in [0, 0.05) is 33.5 Å². The van der Waals surface area contributed by atoms with Gasteiger partial charge in [-0.15, -0.1) is 0 Å². The molecule has 4 aromatic rings. The average Bonchev–Trinajstić information content (AvgIpc) is 3.32. The zero-order chi connectivity index (χ0) is 30.9. The molecule has 0 fully saturated rings. The van der Waals surface area contributed by atoms with Crippen LogP contribution in [-0.4, -0.2) is 54.2 Å². The van der Waals surface area contributed by atoms with Crippen molar-refractivity contribution in [3.8, 4) is 5.69 Å². The van der Waals surface area contributed by atoms with Gasteiger partial charge in [0.25, 0.3) is 5.91 Å². The summed E-state index contributed by atoms with van der Waals surface area (Å²) in [6.07, 6.45) is 2.60. The Morgan fingerprint density at radius 3 is 2.42 bits per heavy atom. The van der Waals surface area contributed by atoms with Crippen molar-refractivity contribution in [1.29, 1.82) is 0 Å². The van der Waals surface area contributed by atoms with E-state index in [0.717, 1.165) is 59.6 Å². The Morgan fingerprint density at radius 1 is 1.07 bits per heavy atom. The number of hydrogen-bond donors (Lipinski definition) is 1. The van der Waals surface area contributed by atoms with E-state index in [1.165, 1.54) is 23.9 Å². The van der Waals surface area contributed by atoms with Crippen LogP contribution in [0.2, 0.25) is 5.02 Å². The van der Waals surface area contributed by atoms with Crippen LogP contribution < -0.4 is 5.32 Å². The summed E-state index contributed by atoms with van der Waals surface area (Å²) in [4.78, 5) is 17.5. The van der Waals surface area contributed by atoms with Crippen molar-refractivity contribution in [3.63, 3.8) is 0 Å². The minimum Gasteiger partial charge on any atom is -0.346 e. The lowest BCUT2D eigenvalue weighted by Crippen LogP contribution is -2.41. The summed E-state index contributed by atoms with van der Waals surface area (Å²) in [6, 6.07) is 14.3. The third-order valence-corrected chi connectivity index (χ3v) is 9.07. The molecule has 1 unspecified atom stereocenters. The smallest absolute Gasteiger partial charge is 0.251 e. The molecule has 5 nitrogen and oxygen atoms in total. The average molecular weight is 628 g/mol. The minimum absolute atomic E-state index is 0.0231. The third kappa shape index (κ3) is 7.11. The summed E-state index contributed by atoms with van der Waals surface area (Å²) >= 11 is 7.53. The van der Waals surface area contributed by atoms with E-state index >= 15 is 8.78 Å². The quantitative estimate of drug-likeness (QED) is 0.155. The number of aromatic nitrogens is 2. The van der Waals surface area contributed by atoms with E-state index in [0.29, 0.717) is 27.8 Å². The van der Waals surface area contributed by atoms with E-state index in [-0.39, 0.29) is 28.6 Å². The predicted molar refractivity (Wildman–Crippen MR) is 166 cm³/mol. The van der Waals surface area contributed by atoms with Gasteiger partial charge in [-0.25, -0.2) is 18.2 Å². The Kier molecular flexibility index (Phi) is 9.25. The first-order valence-corrected chi connectivity index (χ1v) is 15.6. The van der Waals surface area contributed by atoms with Gasteiger partial charge in [-0.05, 0) is 79.8 Å². The number of quaternary nitrogens is 1. The van der Waals surface area contributed by atoms with Gasteiger partial charge in [-0.3, -0.25) is 9.36 Å². The maximum atomic E-state index is 15.2. The number of halogens is 4. The minimum atomic E-state index is -0.788. The second kappa shape index (κ2) is 12.8. The zero-order valence-electron chi connectivity index (χ0n) is 24.7. The van der Waals surface area contributed by atoms with Crippen molar-refractivity contribution >= 4 is 29.3 Å². The Labute approximate surface area is 259 Å². The molecule has 10 heteroatoms. The number of nitrogens with one attached hydrogen (secondary N) is 1. The predicted octanol–water partition coefficient (Wildman–Crippen LogP) is 7.45. The topological polar surface area (TPSA) is 46.9 Å². The number of thioether (sulfide) groups is 1. The largest absolute Gasteiger partial charge is 0.346 e. The summed E-state index contributed by atoms with van der Waals surface area (Å²) in [5.41, 5.74) is 4.51. The van der Waals surface area contributed by atoms with Gasteiger partial charge in [-0.1, -0.05) is 35.5 Å². The zero-order valence-corrected chi connectivity index (χ0v) is 26.3. The van der Waals surface area contributed by atoms with Crippen molar-refractivity contribution in [2.45, 2.75) is 43.0 Å². The van der Waals surface area contributed by atoms with Gasteiger partial charge in [-0.2, -0.15) is 0 Å². The number of benzene rings is 3. The number of carbonyl (C=O) groups excluding carboxylic acids is 1. The van der Waals surface area contributed by atoms with E-state index in [1.807, 2.05) is 44.8 Å². The molecule has 1 atom stereocenters. The maximum absolute atomic E-state index is 15.2. The molecule has 0 saturated heterocycles. The van der Waals surface area contributed by atoms with Gasteiger partial charge in [0.2, 0.25) is 0 Å². The molecule has 0 bridgehead atoms. The lowest BCUT2D eigenvalue weighted by atomic mass is 9.83. The molecule has 1 aliphatic carbocycles. The Bertz CT molecular complexity index is 1630. The summed E-state index contributed by atoms with van der Waals surface area (Å²) in [6.45, 7) is 3.03. The SMILES string of the molecule is Cc1cc(C2CCCc3nc(SCc4c(F)cc(C(=O)NCC[N+](C)(C)C)cc4F)n(-c4ccc(F)cc4)c32)ccc1Cl. The van der Waals surface area contributed by atoms with E-state index in [2.05, 4.69) is 11.4 Å². The van der Waals surface area contributed by atoms with Crippen molar-refractivity contribution in [3.05, 3.63) is 111 Å². The molecule has 43 heavy (non-hydrogen) atoms. The van der Waals surface area contributed by atoms with E-state index in [1.54, 1.807) is 12.1 Å². The fourth-order valence-corrected chi connectivity index (χ4v) is 6.54. The van der Waals surface area contributed by atoms with Crippen LogP contribution in [0.1, 0.15) is 57.2 Å². The highest BCUT2D eigenvalue weighted by atomic mass is 35.5. The number of aryl methyl sites for hydroxylation is 2. The van der Waals surface area contributed by atoms with Gasteiger partial charge in [0.05, 0.1) is 45.6 Å². The Balaban J connectivity index is 1.46. The summed E-state index contributed by atoms with van der Waals surface area (Å²) in [5, 5.41) is 3.99. The lowest BCUT2D eigenvalue weighted by Gasteiger charge is -2.25. The number of carbonyl (C=O) groups is 1. The van der Waals surface area contributed by atoms with Crippen LogP contribution in [0.15, 0.2) is 59.8 Å². The highest BCUT2D eigenvalue weighted by molar-refractivity contribution is 7.98. The van der Waals surface area contributed by atoms with Crippen LogP contribution >= 0.6 is 23.4 Å². The van der Waals surface area contributed by atoms with Crippen LogP contribution in [0.3, 0.4) is 0 Å². The molecule has 5 rings (SSSR count). The maximum Gasteiger partial charge on any atom is 0.251 e. The molecule has 0 aliphatic heterocycles. The fourth-order valence-electron chi connectivity index (χ4n) is 5.37. The van der Waals surface area contributed by atoms with Gasteiger partial charge in [0.15, 0.2) is 5.16 Å². The molecule has 226 valence electrons. The molecular weight excluding hydrogens is 593 g/mol. The van der Waals surface area contributed by atoms with E-state index in [4.69, 9.17) is 16.6 Å². The molecule has 1 heterocycles. The third-order valence-electron chi connectivity index (χ3n) is 7.68. The van der Waals surface area contributed by atoms with Crippen LogP contribution in [-0.2, 0) is 12.2 Å². The first-order chi connectivity index (χ1) is 20.4. The molecule has 0 saturated carbocycles. The summed E-state index contributed by atoms with van der Waals surface area (Å²) < 4.78 is 47.0. The number of imidazole rings is 1. The molecule has 1 aromatic heterocycles. The monoisotopic (exact) mass is 627 g/mol. The number of nitrogens with zero attached hydrogens (tertiary/aromatic N) is 3. The van der Waals surface area contributed by atoms with E-state index in [9.17, 15) is 9.18 Å². The van der Waals surface area contributed by atoms with Gasteiger partial charge >= 0.3 is 0 Å². The first-order valence-electron chi connectivity index (χ1n) is 14.2. The number of likely N-dealkylation sites (N-methyl/N-ethyl adjacent to an activating group) is 1. The standard InChI is InChI=1S/C33H34ClF3N4OS/c1-20-16-21(8-13-27(20)34)25-6-5-7-30-31(25)40(24-11-9-23(35)10-12-24)33(39-30)43-19-26-28(36)17-22(18-29(26)37)32(42)38-14-15-41(2,3)4/h8-13,16-18,25H,5-7,14-15,19H2,1-4H3/p+1. The van der Waals surface area contributed by atoms with Crippen LogP contribution in [0.5, 0.6) is 0 Å². The van der Waals surface area contributed by atoms with Gasteiger partial charge in [0.1, 0.15) is 17.5 Å². The van der Waals surface area contributed by atoms with Crippen molar-refractivity contribution in [1.82, 2.24) is 14.9 Å². The second-order valence-corrected chi connectivity index (χ2v) is 13.3. The summed E-state index contributed by atoms with van der Waals surface area (Å²) in [7, 11) is 5.98. The molecule has 0 radical (unpaired) electrons. The number of fused-ring (bicyclic) bond motifs is 1. The number of hydrogen-bond acceptors (Lipinski definition) is 3. The summed E-state index contributed by atoms with van der Waals surface area (Å²) in [5.74, 6) is -2.47. The normalized spacial score (nSPS) is 14.9. The van der Waals surface area contributed by atoms with Crippen molar-refractivity contribution < 1.29 is 22.4 Å². The van der Waals surface area contributed by atoms with Crippen molar-refractivity contribution in [2.24, 2.45) is 0 Å². The Morgan fingerprint density at radius 2 is 1.77 bits per heavy atom. The molecule has 1 amide bonds. The van der Waals surface area contributed by atoms with Crippen LogP contribution in [0.4, 0.5) is 13.2 Å². The van der Waals surface area contributed by atoms with Crippen LogP contribution in [0, 0.1) is 24.4 Å². The molecule has 1 N–H and O–H groups in total. The molecular formula is C33H35ClF3N4OS+.